The van der Waals surface area contributed by atoms with Crippen molar-refractivity contribution in [2.75, 3.05) is 19.8 Å². The smallest absolute Gasteiger partial charge is 0.149 e. The SMILES string of the molecule is CCCOc1ccc(OCCOn2c(C)nc3ccccc32)cc1Cl. The van der Waals surface area contributed by atoms with Gasteiger partial charge < -0.3 is 14.3 Å². The molecule has 0 atom stereocenters. The quantitative estimate of drug-likeness (QED) is 0.562. The summed E-state index contributed by atoms with van der Waals surface area (Å²) in [5.41, 5.74) is 1.86. The van der Waals surface area contributed by atoms with Crippen LogP contribution in [0.4, 0.5) is 0 Å². The first kappa shape index (κ1) is 17.4. The van der Waals surface area contributed by atoms with Crippen molar-refractivity contribution in [2.24, 2.45) is 0 Å². The molecular formula is C19H21ClN2O3. The Bertz CT molecular complexity index is 848. The van der Waals surface area contributed by atoms with Gasteiger partial charge in [0.1, 0.15) is 36.1 Å². The highest BCUT2D eigenvalue weighted by Crippen LogP contribution is 2.28. The van der Waals surface area contributed by atoms with Gasteiger partial charge in [-0.15, -0.1) is 0 Å². The molecule has 25 heavy (non-hydrogen) atoms. The average Bonchev–Trinajstić information content (AvgIpc) is 2.93. The molecule has 1 heterocycles. The lowest BCUT2D eigenvalue weighted by Gasteiger charge is -2.12. The van der Waals surface area contributed by atoms with Gasteiger partial charge in [-0.2, -0.15) is 4.73 Å². The van der Waals surface area contributed by atoms with Gasteiger partial charge in [-0.25, -0.2) is 4.98 Å². The van der Waals surface area contributed by atoms with E-state index in [1.807, 2.05) is 43.3 Å². The fourth-order valence-corrected chi connectivity index (χ4v) is 2.70. The number of rotatable bonds is 8. The van der Waals surface area contributed by atoms with Crippen molar-refractivity contribution in [1.29, 1.82) is 0 Å². The number of ether oxygens (including phenoxy) is 2. The highest BCUT2D eigenvalue weighted by molar-refractivity contribution is 6.32. The van der Waals surface area contributed by atoms with E-state index < -0.39 is 0 Å². The fraction of sp³-hybridized carbons (Fsp3) is 0.316. The summed E-state index contributed by atoms with van der Waals surface area (Å²) in [7, 11) is 0. The van der Waals surface area contributed by atoms with Crippen molar-refractivity contribution < 1.29 is 14.3 Å². The predicted molar refractivity (Wildman–Crippen MR) is 98.7 cm³/mol. The lowest BCUT2D eigenvalue weighted by atomic mass is 10.3. The Kier molecular flexibility index (Phi) is 5.66. The molecule has 0 unspecified atom stereocenters. The standard InChI is InChI=1S/C19H21ClN2O3/c1-3-10-24-19-9-8-15(13-16(19)20)23-11-12-25-22-14(2)21-17-6-4-5-7-18(17)22/h4-9,13H,3,10-12H2,1-2H3. The van der Waals surface area contributed by atoms with E-state index in [0.717, 1.165) is 23.3 Å². The Morgan fingerprint density at radius 1 is 1.04 bits per heavy atom. The second-order valence-electron chi connectivity index (χ2n) is 5.56. The minimum absolute atomic E-state index is 0.396. The highest BCUT2D eigenvalue weighted by atomic mass is 35.5. The van der Waals surface area contributed by atoms with E-state index in [1.54, 1.807) is 10.8 Å². The number of hydrogen-bond acceptors (Lipinski definition) is 4. The van der Waals surface area contributed by atoms with Crippen LogP contribution in [0.1, 0.15) is 19.2 Å². The van der Waals surface area contributed by atoms with Crippen LogP contribution in [0, 0.1) is 6.92 Å². The maximum absolute atomic E-state index is 6.20. The zero-order valence-electron chi connectivity index (χ0n) is 14.4. The second-order valence-corrected chi connectivity index (χ2v) is 5.97. The van der Waals surface area contributed by atoms with Crippen LogP contribution in [0.2, 0.25) is 5.02 Å². The lowest BCUT2D eigenvalue weighted by Crippen LogP contribution is -2.19. The third kappa shape index (κ3) is 4.17. The minimum Gasteiger partial charge on any atom is -0.492 e. The summed E-state index contributed by atoms with van der Waals surface area (Å²) in [5, 5.41) is 0.545. The van der Waals surface area contributed by atoms with Gasteiger partial charge >= 0.3 is 0 Å². The van der Waals surface area contributed by atoms with Crippen LogP contribution in [-0.4, -0.2) is 29.5 Å². The molecule has 1 aromatic heterocycles. The fourth-order valence-electron chi connectivity index (χ4n) is 2.48. The summed E-state index contributed by atoms with van der Waals surface area (Å²) >= 11 is 6.20. The minimum atomic E-state index is 0.396. The van der Waals surface area contributed by atoms with E-state index in [2.05, 4.69) is 11.9 Å². The Morgan fingerprint density at radius 2 is 1.88 bits per heavy atom. The number of aromatic nitrogens is 2. The number of fused-ring (bicyclic) bond motifs is 1. The predicted octanol–water partition coefficient (Wildman–Crippen LogP) is 4.29. The van der Waals surface area contributed by atoms with E-state index in [1.165, 1.54) is 0 Å². The summed E-state index contributed by atoms with van der Waals surface area (Å²) in [6, 6.07) is 13.3. The van der Waals surface area contributed by atoms with E-state index in [9.17, 15) is 0 Å². The van der Waals surface area contributed by atoms with Gasteiger partial charge in [0.15, 0.2) is 0 Å². The van der Waals surface area contributed by atoms with Gasteiger partial charge in [-0.05, 0) is 37.6 Å². The van der Waals surface area contributed by atoms with Crippen LogP contribution < -0.4 is 14.3 Å². The zero-order valence-corrected chi connectivity index (χ0v) is 15.1. The van der Waals surface area contributed by atoms with E-state index in [0.29, 0.717) is 36.3 Å². The first-order valence-electron chi connectivity index (χ1n) is 8.31. The van der Waals surface area contributed by atoms with Crippen molar-refractivity contribution in [2.45, 2.75) is 20.3 Å². The molecule has 5 nitrogen and oxygen atoms in total. The maximum Gasteiger partial charge on any atom is 0.149 e. The number of hydrogen-bond donors (Lipinski definition) is 0. The summed E-state index contributed by atoms with van der Waals surface area (Å²) in [6.07, 6.45) is 0.939. The van der Waals surface area contributed by atoms with Crippen LogP contribution in [0.25, 0.3) is 11.0 Å². The first-order valence-corrected chi connectivity index (χ1v) is 8.69. The number of halogens is 1. The van der Waals surface area contributed by atoms with E-state index in [-0.39, 0.29) is 0 Å². The molecule has 2 aromatic carbocycles. The second kappa shape index (κ2) is 8.12. The number of benzene rings is 2. The number of nitrogens with zero attached hydrogens (tertiary/aromatic N) is 2. The third-order valence-electron chi connectivity index (χ3n) is 3.61. The Hall–Kier alpha value is -2.40. The van der Waals surface area contributed by atoms with E-state index in [4.69, 9.17) is 25.9 Å². The normalized spacial score (nSPS) is 10.8. The van der Waals surface area contributed by atoms with Crippen molar-refractivity contribution >= 4 is 22.6 Å². The van der Waals surface area contributed by atoms with E-state index >= 15 is 0 Å². The molecule has 0 radical (unpaired) electrons. The van der Waals surface area contributed by atoms with Crippen LogP contribution in [0.15, 0.2) is 42.5 Å². The molecule has 0 bridgehead atoms. The zero-order chi connectivity index (χ0) is 17.6. The molecule has 0 amide bonds. The van der Waals surface area contributed by atoms with Crippen molar-refractivity contribution in [3.63, 3.8) is 0 Å². The Morgan fingerprint density at radius 3 is 2.68 bits per heavy atom. The van der Waals surface area contributed by atoms with Crippen molar-refractivity contribution in [1.82, 2.24) is 9.71 Å². The van der Waals surface area contributed by atoms with Gasteiger partial charge in [0.05, 0.1) is 17.1 Å². The maximum atomic E-state index is 6.20. The molecular weight excluding hydrogens is 340 g/mol. The largest absolute Gasteiger partial charge is 0.492 e. The molecule has 0 saturated carbocycles. The summed E-state index contributed by atoms with van der Waals surface area (Å²) < 4.78 is 13.0. The number of imidazole rings is 1. The van der Waals surface area contributed by atoms with Gasteiger partial charge in [0.25, 0.3) is 0 Å². The van der Waals surface area contributed by atoms with Crippen molar-refractivity contribution in [3.8, 4) is 11.5 Å². The summed E-state index contributed by atoms with van der Waals surface area (Å²) in [6.45, 7) is 5.41. The molecule has 0 fully saturated rings. The van der Waals surface area contributed by atoms with Crippen LogP contribution in [0.5, 0.6) is 11.5 Å². The number of aryl methyl sites for hydroxylation is 1. The summed E-state index contributed by atoms with van der Waals surface area (Å²) in [5.74, 6) is 2.17. The van der Waals surface area contributed by atoms with Crippen LogP contribution in [-0.2, 0) is 0 Å². The van der Waals surface area contributed by atoms with Crippen molar-refractivity contribution in [3.05, 3.63) is 53.3 Å². The van der Waals surface area contributed by atoms with Gasteiger partial charge in [0, 0.05) is 6.07 Å². The topological polar surface area (TPSA) is 45.5 Å². The molecule has 6 heteroatoms. The molecule has 132 valence electrons. The molecule has 0 aliphatic heterocycles. The molecule has 0 aliphatic carbocycles. The summed E-state index contributed by atoms with van der Waals surface area (Å²) in [4.78, 5) is 10.3. The monoisotopic (exact) mass is 360 g/mol. The Balaban J connectivity index is 1.54. The molecule has 3 rings (SSSR count). The first-order chi connectivity index (χ1) is 12.2. The van der Waals surface area contributed by atoms with Gasteiger partial charge in [0.2, 0.25) is 0 Å². The van der Waals surface area contributed by atoms with Crippen LogP contribution >= 0.6 is 11.6 Å². The molecule has 0 aliphatic rings. The highest BCUT2D eigenvalue weighted by Gasteiger charge is 2.08. The van der Waals surface area contributed by atoms with Crippen LogP contribution in [0.3, 0.4) is 0 Å². The molecule has 0 spiro atoms. The Labute approximate surface area is 152 Å². The molecule has 3 aromatic rings. The van der Waals surface area contributed by atoms with Gasteiger partial charge in [-0.3, -0.25) is 0 Å². The lowest BCUT2D eigenvalue weighted by molar-refractivity contribution is 0.0854. The third-order valence-corrected chi connectivity index (χ3v) is 3.91. The average molecular weight is 361 g/mol. The number of para-hydroxylation sites is 2. The molecule has 0 N–H and O–H groups in total. The van der Waals surface area contributed by atoms with Gasteiger partial charge in [-0.1, -0.05) is 30.7 Å². The molecule has 0 saturated heterocycles.